The molecule has 2 amide bonds. The number of halogens is 1. The van der Waals surface area contributed by atoms with Crippen molar-refractivity contribution in [2.75, 3.05) is 39.2 Å². The van der Waals surface area contributed by atoms with Gasteiger partial charge >= 0.3 is 0 Å². The van der Waals surface area contributed by atoms with Crippen molar-refractivity contribution in [1.82, 2.24) is 14.5 Å². The van der Waals surface area contributed by atoms with E-state index in [2.05, 4.69) is 10.3 Å². The summed E-state index contributed by atoms with van der Waals surface area (Å²) >= 11 is 6.02. The summed E-state index contributed by atoms with van der Waals surface area (Å²) < 4.78 is 12.1. The summed E-state index contributed by atoms with van der Waals surface area (Å²) in [5.74, 6) is 0.582. The Bertz CT molecular complexity index is 1080. The van der Waals surface area contributed by atoms with Crippen molar-refractivity contribution in [2.24, 2.45) is 0 Å². The second-order valence-electron chi connectivity index (χ2n) is 7.23. The Morgan fingerprint density at radius 3 is 2.39 bits per heavy atom. The summed E-state index contributed by atoms with van der Waals surface area (Å²) in [5, 5.41) is 3.47. The minimum atomic E-state index is -0.351. The fourth-order valence-electron chi connectivity index (χ4n) is 3.22. The van der Waals surface area contributed by atoms with Gasteiger partial charge in [-0.2, -0.15) is 0 Å². The molecule has 3 rings (SSSR count). The van der Waals surface area contributed by atoms with Crippen LogP contribution < -0.4 is 10.1 Å². The summed E-state index contributed by atoms with van der Waals surface area (Å²) in [6.07, 6.45) is 2.14. The number of amides is 2. The molecule has 0 fully saturated rings. The highest BCUT2D eigenvalue weighted by Gasteiger charge is 2.19. The molecular weight excluding hydrogens is 444 g/mol. The maximum absolute atomic E-state index is 12.8. The minimum Gasteiger partial charge on any atom is -0.497 e. The minimum absolute atomic E-state index is 0.0955. The lowest BCUT2D eigenvalue weighted by atomic mass is 10.2. The lowest BCUT2D eigenvalue weighted by Gasteiger charge is -2.21. The number of benzene rings is 2. The maximum Gasteiger partial charge on any atom is 0.246 e. The zero-order valence-corrected chi connectivity index (χ0v) is 19.6. The van der Waals surface area contributed by atoms with E-state index in [9.17, 15) is 9.59 Å². The molecule has 33 heavy (non-hydrogen) atoms. The first-order valence-corrected chi connectivity index (χ1v) is 10.9. The number of hydrogen-bond donors (Lipinski definition) is 1. The number of methoxy groups -OCH3 is 2. The molecule has 1 aromatic heterocycles. The highest BCUT2D eigenvalue weighted by atomic mass is 35.5. The molecule has 0 spiro atoms. The zero-order valence-electron chi connectivity index (χ0n) is 18.9. The molecule has 174 valence electrons. The number of hydrogen-bond acceptors (Lipinski definition) is 5. The van der Waals surface area contributed by atoms with Gasteiger partial charge < -0.3 is 14.4 Å². The number of ether oxygens (including phenoxy) is 2. The van der Waals surface area contributed by atoms with Gasteiger partial charge in [-0.15, -0.1) is 0 Å². The average molecular weight is 471 g/mol. The fourth-order valence-corrected chi connectivity index (χ4v) is 3.35. The van der Waals surface area contributed by atoms with Gasteiger partial charge in [0.15, 0.2) is 0 Å². The van der Waals surface area contributed by atoms with Crippen LogP contribution in [0.3, 0.4) is 0 Å². The predicted molar refractivity (Wildman–Crippen MR) is 128 cm³/mol. The topological polar surface area (TPSA) is 85.7 Å². The van der Waals surface area contributed by atoms with Crippen molar-refractivity contribution in [3.63, 3.8) is 0 Å². The zero-order chi connectivity index (χ0) is 23.8. The third-order valence-electron chi connectivity index (χ3n) is 5.00. The van der Waals surface area contributed by atoms with E-state index in [1.54, 1.807) is 37.8 Å². The van der Waals surface area contributed by atoms with Crippen molar-refractivity contribution in [1.29, 1.82) is 0 Å². The Hall–Kier alpha value is -3.36. The molecule has 2 aromatic carbocycles. The van der Waals surface area contributed by atoms with Crippen molar-refractivity contribution in [3.05, 3.63) is 59.8 Å². The first kappa shape index (κ1) is 24.3. The van der Waals surface area contributed by atoms with Crippen LogP contribution in [0.25, 0.3) is 16.9 Å². The first-order chi connectivity index (χ1) is 15.9. The molecular formula is C24H27ClN4O4. The molecule has 0 aliphatic rings. The van der Waals surface area contributed by atoms with Gasteiger partial charge in [-0.1, -0.05) is 30.7 Å². The van der Waals surface area contributed by atoms with E-state index in [1.165, 1.54) is 4.90 Å². The number of carbonyl (C=O) groups is 2. The highest BCUT2D eigenvalue weighted by molar-refractivity contribution is 6.30. The molecule has 0 bridgehead atoms. The van der Waals surface area contributed by atoms with Crippen LogP contribution in [0.15, 0.2) is 54.7 Å². The van der Waals surface area contributed by atoms with Crippen LogP contribution in [0.4, 0.5) is 5.95 Å². The summed E-state index contributed by atoms with van der Waals surface area (Å²) in [7, 11) is 3.15. The molecule has 0 aliphatic carbocycles. The monoisotopic (exact) mass is 470 g/mol. The summed E-state index contributed by atoms with van der Waals surface area (Å²) in [6, 6.07) is 14.7. The number of carbonyl (C=O) groups excluding carboxylic acids is 2. The molecule has 1 N–H and O–H groups in total. The summed E-state index contributed by atoms with van der Waals surface area (Å²) in [4.78, 5) is 31.2. The number of aromatic nitrogens is 2. The third-order valence-corrected chi connectivity index (χ3v) is 5.25. The Kier molecular flexibility index (Phi) is 8.46. The normalized spacial score (nSPS) is 10.7. The van der Waals surface area contributed by atoms with E-state index < -0.39 is 0 Å². The number of nitrogens with one attached hydrogen (secondary N) is 1. The second kappa shape index (κ2) is 11.5. The van der Waals surface area contributed by atoms with Gasteiger partial charge in [0, 0.05) is 42.5 Å². The van der Waals surface area contributed by atoms with Crippen molar-refractivity contribution in [3.8, 4) is 22.7 Å². The van der Waals surface area contributed by atoms with E-state index in [0.29, 0.717) is 42.0 Å². The van der Waals surface area contributed by atoms with Crippen LogP contribution in [0, 0.1) is 0 Å². The molecule has 0 saturated heterocycles. The Labute approximate surface area is 198 Å². The standard InChI is InChI=1S/C24H27ClN4O4/c1-4-23(31)28(13-14-32-2)16-22(30)27-24-26-21(17-5-7-18(25)8-6-17)15-29(24)19-9-11-20(33-3)12-10-19/h5-12,15H,4,13-14,16H2,1-3H3,(H,26,27,30). The molecule has 0 radical (unpaired) electrons. The molecule has 1 heterocycles. The molecule has 0 atom stereocenters. The molecule has 0 saturated carbocycles. The quantitative estimate of drug-likeness (QED) is 0.483. The molecule has 3 aromatic rings. The average Bonchev–Trinajstić information content (AvgIpc) is 3.25. The molecule has 0 unspecified atom stereocenters. The van der Waals surface area contributed by atoms with Crippen LogP contribution in [0.1, 0.15) is 13.3 Å². The highest BCUT2D eigenvalue weighted by Crippen LogP contribution is 2.26. The van der Waals surface area contributed by atoms with Gasteiger partial charge in [-0.05, 0) is 36.4 Å². The Balaban J connectivity index is 1.90. The number of rotatable bonds is 10. The van der Waals surface area contributed by atoms with Gasteiger partial charge in [-0.25, -0.2) is 4.98 Å². The Morgan fingerprint density at radius 1 is 1.09 bits per heavy atom. The van der Waals surface area contributed by atoms with Gasteiger partial charge in [0.25, 0.3) is 0 Å². The number of imidazole rings is 1. The predicted octanol–water partition coefficient (Wildman–Crippen LogP) is 4.02. The number of anilines is 1. The van der Waals surface area contributed by atoms with E-state index in [-0.39, 0.29) is 18.4 Å². The van der Waals surface area contributed by atoms with Gasteiger partial charge in [0.05, 0.1) is 19.4 Å². The first-order valence-electron chi connectivity index (χ1n) is 10.5. The van der Waals surface area contributed by atoms with Gasteiger partial charge in [-0.3, -0.25) is 19.5 Å². The van der Waals surface area contributed by atoms with Crippen LogP contribution in [-0.4, -0.2) is 60.2 Å². The van der Waals surface area contributed by atoms with Crippen LogP contribution in [0.5, 0.6) is 5.75 Å². The molecule has 8 nitrogen and oxygen atoms in total. The Morgan fingerprint density at radius 2 is 1.79 bits per heavy atom. The van der Waals surface area contributed by atoms with Gasteiger partial charge in [0.2, 0.25) is 17.8 Å². The van der Waals surface area contributed by atoms with Crippen molar-refractivity contribution >= 4 is 29.4 Å². The largest absolute Gasteiger partial charge is 0.497 e. The van der Waals surface area contributed by atoms with Gasteiger partial charge in [0.1, 0.15) is 12.3 Å². The SMILES string of the molecule is CCC(=O)N(CCOC)CC(=O)Nc1nc(-c2ccc(Cl)cc2)cn1-c1ccc(OC)cc1. The van der Waals surface area contributed by atoms with E-state index >= 15 is 0 Å². The lowest BCUT2D eigenvalue weighted by molar-refractivity contribution is -0.135. The fraction of sp³-hybridized carbons (Fsp3) is 0.292. The van der Waals surface area contributed by atoms with E-state index in [0.717, 1.165) is 11.3 Å². The third kappa shape index (κ3) is 6.34. The van der Waals surface area contributed by atoms with Crippen molar-refractivity contribution in [2.45, 2.75) is 13.3 Å². The van der Waals surface area contributed by atoms with E-state index in [4.69, 9.17) is 21.1 Å². The number of nitrogens with zero attached hydrogens (tertiary/aromatic N) is 3. The lowest BCUT2D eigenvalue weighted by Crippen LogP contribution is -2.39. The molecule has 9 heteroatoms. The molecule has 0 aliphatic heterocycles. The van der Waals surface area contributed by atoms with E-state index in [1.807, 2.05) is 42.6 Å². The summed E-state index contributed by atoms with van der Waals surface area (Å²) in [6.45, 7) is 2.34. The van der Waals surface area contributed by atoms with Crippen LogP contribution in [-0.2, 0) is 14.3 Å². The maximum atomic E-state index is 12.8. The van der Waals surface area contributed by atoms with Crippen molar-refractivity contribution < 1.29 is 19.1 Å². The van der Waals surface area contributed by atoms with Crippen LogP contribution >= 0.6 is 11.6 Å². The summed E-state index contributed by atoms with van der Waals surface area (Å²) in [5.41, 5.74) is 2.31. The van der Waals surface area contributed by atoms with Crippen LogP contribution in [0.2, 0.25) is 5.02 Å². The smallest absolute Gasteiger partial charge is 0.246 e. The second-order valence-corrected chi connectivity index (χ2v) is 7.67.